The number of nitrogens with zero attached hydrogens (tertiary/aromatic N) is 2. The van der Waals surface area contributed by atoms with Gasteiger partial charge in [-0.05, 0) is 12.8 Å². The normalized spacial score (nSPS) is 11.1. The smallest absolute Gasteiger partial charge is 0.230 e. The topological polar surface area (TPSA) is 36.1 Å². The molecule has 0 radical (unpaired) electrons. The lowest BCUT2D eigenvalue weighted by Gasteiger charge is -1.84. The molecule has 3 heteroatoms. The van der Waals surface area contributed by atoms with Crippen LogP contribution in [0.2, 0.25) is 0 Å². The van der Waals surface area contributed by atoms with E-state index in [9.17, 15) is 4.39 Å². The van der Waals surface area contributed by atoms with Crippen molar-refractivity contribution in [2.24, 2.45) is 4.99 Å². The Morgan fingerprint density at radius 1 is 1.78 bits per heavy atom. The summed E-state index contributed by atoms with van der Waals surface area (Å²) in [6.45, 7) is 6.09. The SMILES string of the molecule is C=C/C(C#N)=C(/F)N=C. The van der Waals surface area contributed by atoms with E-state index in [-0.39, 0.29) is 5.57 Å². The van der Waals surface area contributed by atoms with Gasteiger partial charge in [0.15, 0.2) is 0 Å². The maximum atomic E-state index is 12.2. The highest BCUT2D eigenvalue weighted by Gasteiger charge is 1.95. The molecule has 0 saturated carbocycles. The largest absolute Gasteiger partial charge is 0.235 e. The fraction of sp³-hybridized carbons (Fsp3) is 0. The zero-order valence-electron chi connectivity index (χ0n) is 4.76. The summed E-state index contributed by atoms with van der Waals surface area (Å²) in [7, 11) is 0. The van der Waals surface area contributed by atoms with E-state index in [1.54, 1.807) is 6.07 Å². The Morgan fingerprint density at radius 2 is 2.33 bits per heavy atom. The van der Waals surface area contributed by atoms with Gasteiger partial charge in [-0.3, -0.25) is 0 Å². The van der Waals surface area contributed by atoms with Crippen LogP contribution in [0, 0.1) is 11.3 Å². The zero-order chi connectivity index (χ0) is 7.28. The molecule has 0 bridgehead atoms. The van der Waals surface area contributed by atoms with Gasteiger partial charge in [0.05, 0.1) is 0 Å². The highest BCUT2D eigenvalue weighted by atomic mass is 19.1. The van der Waals surface area contributed by atoms with Crippen molar-refractivity contribution >= 4 is 6.72 Å². The van der Waals surface area contributed by atoms with E-state index in [0.717, 1.165) is 6.08 Å². The molecule has 0 saturated heterocycles. The second-order valence-corrected chi connectivity index (χ2v) is 1.18. The number of rotatable bonds is 2. The van der Waals surface area contributed by atoms with Gasteiger partial charge in [0.2, 0.25) is 5.95 Å². The first-order valence-electron chi connectivity index (χ1n) is 2.15. The number of nitriles is 1. The van der Waals surface area contributed by atoms with Gasteiger partial charge in [-0.1, -0.05) is 6.58 Å². The third-order valence-corrected chi connectivity index (χ3v) is 0.686. The first-order chi connectivity index (χ1) is 4.26. The van der Waals surface area contributed by atoms with Crippen molar-refractivity contribution in [3.8, 4) is 6.07 Å². The second-order valence-electron chi connectivity index (χ2n) is 1.18. The molecule has 0 fully saturated rings. The van der Waals surface area contributed by atoms with Crippen LogP contribution in [0.4, 0.5) is 4.39 Å². The van der Waals surface area contributed by atoms with Crippen LogP contribution in [0.25, 0.3) is 0 Å². The summed E-state index contributed by atoms with van der Waals surface area (Å²) >= 11 is 0. The van der Waals surface area contributed by atoms with E-state index >= 15 is 0 Å². The van der Waals surface area contributed by atoms with Gasteiger partial charge in [-0.15, -0.1) is 0 Å². The van der Waals surface area contributed by atoms with Gasteiger partial charge in [-0.25, -0.2) is 4.99 Å². The maximum Gasteiger partial charge on any atom is 0.230 e. The molecule has 0 aromatic carbocycles. The molecule has 0 aliphatic carbocycles. The summed E-state index contributed by atoms with van der Waals surface area (Å²) < 4.78 is 12.2. The Hall–Kier alpha value is -1.43. The van der Waals surface area contributed by atoms with Crippen molar-refractivity contribution in [1.29, 1.82) is 5.26 Å². The van der Waals surface area contributed by atoms with Crippen molar-refractivity contribution < 1.29 is 4.39 Å². The van der Waals surface area contributed by atoms with Gasteiger partial charge in [0.25, 0.3) is 0 Å². The molecule has 9 heavy (non-hydrogen) atoms. The lowest BCUT2D eigenvalue weighted by Crippen LogP contribution is -1.73. The van der Waals surface area contributed by atoms with Crippen LogP contribution in [0.1, 0.15) is 0 Å². The molecule has 0 aromatic heterocycles. The second kappa shape index (κ2) is 3.56. The first-order valence-corrected chi connectivity index (χ1v) is 2.15. The lowest BCUT2D eigenvalue weighted by atomic mass is 10.3. The molecule has 0 amide bonds. The van der Waals surface area contributed by atoms with Crippen molar-refractivity contribution in [3.05, 3.63) is 24.2 Å². The average Bonchev–Trinajstić information content (AvgIpc) is 1.90. The monoisotopic (exact) mass is 124 g/mol. The van der Waals surface area contributed by atoms with Gasteiger partial charge in [0, 0.05) is 0 Å². The predicted octanol–water partition coefficient (Wildman–Crippen LogP) is 1.58. The molecule has 0 heterocycles. The van der Waals surface area contributed by atoms with Crippen molar-refractivity contribution in [2.45, 2.75) is 0 Å². The highest BCUT2D eigenvalue weighted by molar-refractivity contribution is 5.37. The Bertz CT molecular complexity index is 198. The summed E-state index contributed by atoms with van der Waals surface area (Å²) in [5.74, 6) is -0.882. The van der Waals surface area contributed by atoms with E-state index in [0.29, 0.717) is 0 Å². The molecule has 0 rings (SSSR count). The molecule has 0 aliphatic rings. The standard InChI is InChI=1S/C6H5FN2/c1-3-5(4-8)6(7)9-2/h3H,1-2H2/b6-5+. The lowest BCUT2D eigenvalue weighted by molar-refractivity contribution is 0.625. The molecule has 46 valence electrons. The van der Waals surface area contributed by atoms with Gasteiger partial charge >= 0.3 is 0 Å². The first kappa shape index (κ1) is 7.57. The van der Waals surface area contributed by atoms with Gasteiger partial charge in [-0.2, -0.15) is 9.65 Å². The zero-order valence-corrected chi connectivity index (χ0v) is 4.76. The Labute approximate surface area is 52.6 Å². The minimum absolute atomic E-state index is 0.190. The van der Waals surface area contributed by atoms with Crippen LogP contribution in [0.5, 0.6) is 0 Å². The van der Waals surface area contributed by atoms with Crippen LogP contribution in [-0.4, -0.2) is 6.72 Å². The van der Waals surface area contributed by atoms with Crippen molar-refractivity contribution in [1.82, 2.24) is 0 Å². The molecule has 0 unspecified atom stereocenters. The molecule has 0 aliphatic heterocycles. The van der Waals surface area contributed by atoms with Gasteiger partial charge < -0.3 is 0 Å². The predicted molar refractivity (Wildman–Crippen MR) is 33.5 cm³/mol. The number of aliphatic imine (C=N–C) groups is 1. The fourth-order valence-corrected chi connectivity index (χ4v) is 0.261. The van der Waals surface area contributed by atoms with E-state index in [1.807, 2.05) is 0 Å². The van der Waals surface area contributed by atoms with Crippen LogP contribution >= 0.6 is 0 Å². The highest BCUT2D eigenvalue weighted by Crippen LogP contribution is 2.05. The van der Waals surface area contributed by atoms with Crippen LogP contribution in [0.3, 0.4) is 0 Å². The minimum Gasteiger partial charge on any atom is -0.235 e. The van der Waals surface area contributed by atoms with Gasteiger partial charge in [0.1, 0.15) is 11.6 Å². The molecule has 0 N–H and O–H groups in total. The van der Waals surface area contributed by atoms with E-state index in [1.165, 1.54) is 0 Å². The molecular formula is C6H5FN2. The third kappa shape index (κ3) is 1.87. The molecule has 0 aromatic rings. The van der Waals surface area contributed by atoms with E-state index < -0.39 is 5.95 Å². The third-order valence-electron chi connectivity index (χ3n) is 0.686. The van der Waals surface area contributed by atoms with Crippen molar-refractivity contribution in [3.63, 3.8) is 0 Å². The number of hydrogen-bond acceptors (Lipinski definition) is 2. The number of allylic oxidation sites excluding steroid dienone is 2. The molecular weight excluding hydrogens is 119 g/mol. The molecule has 2 nitrogen and oxygen atoms in total. The molecule has 0 spiro atoms. The average molecular weight is 124 g/mol. The minimum atomic E-state index is -0.882. The number of halogens is 1. The van der Waals surface area contributed by atoms with Crippen molar-refractivity contribution in [2.75, 3.05) is 0 Å². The fourth-order valence-electron chi connectivity index (χ4n) is 0.261. The summed E-state index contributed by atoms with van der Waals surface area (Å²) in [6.07, 6.45) is 1.09. The summed E-state index contributed by atoms with van der Waals surface area (Å²) in [5.41, 5.74) is -0.190. The number of hydrogen-bond donors (Lipinski definition) is 0. The molecule has 0 atom stereocenters. The quantitative estimate of drug-likeness (QED) is 0.238. The van der Waals surface area contributed by atoms with E-state index in [4.69, 9.17) is 5.26 Å². The summed E-state index contributed by atoms with van der Waals surface area (Å²) in [6, 6.07) is 1.56. The Morgan fingerprint density at radius 3 is 2.44 bits per heavy atom. The van der Waals surface area contributed by atoms with Crippen LogP contribution in [-0.2, 0) is 0 Å². The summed E-state index contributed by atoms with van der Waals surface area (Å²) in [4.78, 5) is 2.90. The summed E-state index contributed by atoms with van der Waals surface area (Å²) in [5, 5.41) is 8.12. The maximum absolute atomic E-state index is 12.2. The Balaban J connectivity index is 4.63. The van der Waals surface area contributed by atoms with E-state index in [2.05, 4.69) is 18.3 Å². The van der Waals surface area contributed by atoms with Crippen LogP contribution in [0.15, 0.2) is 29.2 Å². The Kier molecular flexibility index (Phi) is 2.99. The van der Waals surface area contributed by atoms with Crippen LogP contribution < -0.4 is 0 Å².